The van der Waals surface area contributed by atoms with Crippen molar-refractivity contribution in [3.63, 3.8) is 0 Å². The van der Waals surface area contributed by atoms with Gasteiger partial charge in [-0.1, -0.05) is 5.16 Å². The van der Waals surface area contributed by atoms with Crippen LogP contribution in [0.2, 0.25) is 0 Å². The first-order valence-electron chi connectivity index (χ1n) is 5.73. The molecule has 2 aromatic rings. The number of imidazole rings is 1. The Balaban J connectivity index is 2.16. The van der Waals surface area contributed by atoms with Crippen molar-refractivity contribution in [3.8, 4) is 0 Å². The van der Waals surface area contributed by atoms with E-state index in [1.165, 1.54) is 7.11 Å². The fraction of sp³-hybridized carbons (Fsp3) is 0.455. The lowest BCUT2D eigenvalue weighted by Crippen LogP contribution is -2.10. The van der Waals surface area contributed by atoms with Crippen molar-refractivity contribution >= 4 is 11.8 Å². The monoisotopic (exact) mass is 265 g/mol. The molecule has 0 saturated carbocycles. The average molecular weight is 265 g/mol. The third kappa shape index (κ3) is 2.56. The van der Waals surface area contributed by atoms with Crippen LogP contribution < -0.4 is 5.73 Å². The topological polar surface area (TPSA) is 109 Å². The number of methoxy groups -OCH3 is 1. The molecule has 0 radical (unpaired) electrons. The van der Waals surface area contributed by atoms with Gasteiger partial charge in [0.1, 0.15) is 11.6 Å². The Morgan fingerprint density at radius 3 is 2.74 bits per heavy atom. The predicted octanol–water partition coefficient (Wildman–Crippen LogP) is 0.494. The maximum atomic E-state index is 11.5. The molecule has 0 amide bonds. The number of aromatic nitrogens is 4. The zero-order chi connectivity index (χ0) is 14.0. The number of nitrogens with two attached hydrogens (primary N) is 1. The van der Waals surface area contributed by atoms with Gasteiger partial charge in [0.05, 0.1) is 7.11 Å². The molecule has 0 saturated heterocycles. The highest BCUT2D eigenvalue weighted by Gasteiger charge is 2.19. The lowest BCUT2D eigenvalue weighted by Gasteiger charge is -2.05. The van der Waals surface area contributed by atoms with Gasteiger partial charge < -0.3 is 19.6 Å². The summed E-state index contributed by atoms with van der Waals surface area (Å²) in [6.45, 7) is 4.01. The Bertz CT molecular complexity index is 601. The fourth-order valence-electron chi connectivity index (χ4n) is 1.77. The minimum Gasteiger partial charge on any atom is -0.464 e. The molecular weight excluding hydrogens is 250 g/mol. The van der Waals surface area contributed by atoms with E-state index in [9.17, 15) is 4.79 Å². The first kappa shape index (κ1) is 13.1. The summed E-state index contributed by atoms with van der Waals surface area (Å²) < 4.78 is 11.2. The number of aryl methyl sites for hydroxylation is 3. The van der Waals surface area contributed by atoms with Gasteiger partial charge in [0.15, 0.2) is 11.5 Å². The molecular formula is C11H15N5O3. The Kier molecular flexibility index (Phi) is 3.50. The number of ether oxygens (including phenoxy) is 1. The lowest BCUT2D eigenvalue weighted by molar-refractivity contribution is 0.0595. The maximum absolute atomic E-state index is 11.5. The Morgan fingerprint density at radius 1 is 1.42 bits per heavy atom. The van der Waals surface area contributed by atoms with Crippen LogP contribution in [0.5, 0.6) is 0 Å². The highest BCUT2D eigenvalue weighted by Crippen LogP contribution is 2.15. The smallest absolute Gasteiger partial charge is 0.360 e. The Morgan fingerprint density at radius 2 is 2.16 bits per heavy atom. The molecule has 0 bridgehead atoms. The van der Waals surface area contributed by atoms with Crippen LogP contribution in [-0.2, 0) is 17.7 Å². The minimum absolute atomic E-state index is 0.129. The SMILES string of the molecule is COC(=O)c1nc(C)n(CCc2noc(C)n2)c1N. The van der Waals surface area contributed by atoms with E-state index in [0.717, 1.165) is 0 Å². The summed E-state index contributed by atoms with van der Waals surface area (Å²) in [4.78, 5) is 19.7. The summed E-state index contributed by atoms with van der Waals surface area (Å²) in [5.41, 5.74) is 6.01. The molecule has 8 nitrogen and oxygen atoms in total. The summed E-state index contributed by atoms with van der Waals surface area (Å²) in [6, 6.07) is 0. The van der Waals surface area contributed by atoms with Gasteiger partial charge in [-0.25, -0.2) is 9.78 Å². The molecule has 2 aromatic heterocycles. The first-order valence-corrected chi connectivity index (χ1v) is 5.73. The molecule has 0 atom stereocenters. The highest BCUT2D eigenvalue weighted by atomic mass is 16.5. The minimum atomic E-state index is -0.547. The number of anilines is 1. The third-order valence-corrected chi connectivity index (χ3v) is 2.71. The van der Waals surface area contributed by atoms with Crippen LogP contribution in [0.15, 0.2) is 4.52 Å². The van der Waals surface area contributed by atoms with E-state index < -0.39 is 5.97 Å². The number of hydrogen-bond acceptors (Lipinski definition) is 7. The molecule has 0 unspecified atom stereocenters. The number of hydrogen-bond donors (Lipinski definition) is 1. The van der Waals surface area contributed by atoms with Crippen LogP contribution in [0.3, 0.4) is 0 Å². The van der Waals surface area contributed by atoms with Gasteiger partial charge >= 0.3 is 5.97 Å². The molecule has 2 N–H and O–H groups in total. The third-order valence-electron chi connectivity index (χ3n) is 2.71. The molecule has 0 aliphatic heterocycles. The second-order valence-electron chi connectivity index (χ2n) is 4.02. The van der Waals surface area contributed by atoms with E-state index in [1.54, 1.807) is 18.4 Å². The lowest BCUT2D eigenvalue weighted by atomic mass is 10.4. The molecule has 0 aliphatic carbocycles. The van der Waals surface area contributed by atoms with Crippen molar-refractivity contribution in [2.75, 3.05) is 12.8 Å². The van der Waals surface area contributed by atoms with Crippen LogP contribution in [0.4, 0.5) is 5.82 Å². The van der Waals surface area contributed by atoms with Crippen molar-refractivity contribution in [1.29, 1.82) is 0 Å². The molecule has 102 valence electrons. The quantitative estimate of drug-likeness (QED) is 0.801. The van der Waals surface area contributed by atoms with E-state index >= 15 is 0 Å². The maximum Gasteiger partial charge on any atom is 0.360 e. The second kappa shape index (κ2) is 5.09. The van der Waals surface area contributed by atoms with E-state index in [2.05, 4.69) is 19.9 Å². The van der Waals surface area contributed by atoms with Crippen LogP contribution >= 0.6 is 0 Å². The van der Waals surface area contributed by atoms with Gasteiger partial charge in [-0.15, -0.1) is 0 Å². The van der Waals surface area contributed by atoms with E-state index in [4.69, 9.17) is 10.3 Å². The number of rotatable bonds is 4. The molecule has 2 heterocycles. The molecule has 0 aliphatic rings. The number of nitrogen functional groups attached to an aromatic ring is 1. The van der Waals surface area contributed by atoms with Crippen molar-refractivity contribution in [1.82, 2.24) is 19.7 Å². The van der Waals surface area contributed by atoms with Crippen LogP contribution in [-0.4, -0.2) is 32.8 Å². The number of carbonyl (C=O) groups excluding carboxylic acids is 1. The van der Waals surface area contributed by atoms with Crippen molar-refractivity contribution < 1.29 is 14.1 Å². The van der Waals surface area contributed by atoms with Crippen LogP contribution in [0.1, 0.15) is 28.0 Å². The fourth-order valence-corrected chi connectivity index (χ4v) is 1.77. The summed E-state index contributed by atoms with van der Waals surface area (Å²) in [5.74, 6) is 1.47. The van der Waals surface area contributed by atoms with Gasteiger partial charge in [-0.3, -0.25) is 0 Å². The predicted molar refractivity (Wildman–Crippen MR) is 65.5 cm³/mol. The second-order valence-corrected chi connectivity index (χ2v) is 4.02. The molecule has 0 fully saturated rings. The molecule has 0 spiro atoms. The molecule has 2 rings (SSSR count). The van der Waals surface area contributed by atoms with Crippen molar-refractivity contribution in [2.45, 2.75) is 26.8 Å². The van der Waals surface area contributed by atoms with Crippen LogP contribution in [0, 0.1) is 13.8 Å². The summed E-state index contributed by atoms with van der Waals surface area (Å²) >= 11 is 0. The Labute approximate surface area is 109 Å². The average Bonchev–Trinajstić information content (AvgIpc) is 2.91. The normalized spacial score (nSPS) is 10.7. The van der Waals surface area contributed by atoms with Gasteiger partial charge in [-0.05, 0) is 6.92 Å². The van der Waals surface area contributed by atoms with E-state index in [0.29, 0.717) is 30.5 Å². The molecule has 8 heteroatoms. The largest absolute Gasteiger partial charge is 0.464 e. The van der Waals surface area contributed by atoms with Gasteiger partial charge in [0.2, 0.25) is 5.89 Å². The zero-order valence-corrected chi connectivity index (χ0v) is 11.0. The Hall–Kier alpha value is -2.38. The van der Waals surface area contributed by atoms with Crippen molar-refractivity contribution in [2.24, 2.45) is 0 Å². The van der Waals surface area contributed by atoms with Gasteiger partial charge in [0.25, 0.3) is 0 Å². The van der Waals surface area contributed by atoms with E-state index in [1.807, 2.05) is 0 Å². The first-order chi connectivity index (χ1) is 9.02. The summed E-state index contributed by atoms with van der Waals surface area (Å²) in [7, 11) is 1.29. The van der Waals surface area contributed by atoms with E-state index in [-0.39, 0.29) is 11.5 Å². The summed E-state index contributed by atoms with van der Waals surface area (Å²) in [6.07, 6.45) is 0.541. The zero-order valence-electron chi connectivity index (χ0n) is 11.0. The van der Waals surface area contributed by atoms with Crippen LogP contribution in [0.25, 0.3) is 0 Å². The summed E-state index contributed by atoms with van der Waals surface area (Å²) in [5, 5.41) is 3.80. The standard InChI is InChI=1S/C11H15N5O3/c1-6-13-9(11(17)18-3)10(12)16(6)5-4-8-14-7(2)19-15-8/h4-5,12H2,1-3H3. The van der Waals surface area contributed by atoms with Crippen molar-refractivity contribution in [3.05, 3.63) is 23.2 Å². The number of carbonyl (C=O) groups is 1. The molecule has 0 aromatic carbocycles. The molecule has 19 heavy (non-hydrogen) atoms. The highest BCUT2D eigenvalue weighted by molar-refractivity contribution is 5.92. The van der Waals surface area contributed by atoms with Gasteiger partial charge in [-0.2, -0.15) is 4.98 Å². The van der Waals surface area contributed by atoms with Gasteiger partial charge in [0, 0.05) is 19.9 Å². The number of nitrogens with zero attached hydrogens (tertiary/aromatic N) is 4. The number of esters is 1.